The Morgan fingerprint density at radius 2 is 2.39 bits per heavy atom. The third-order valence-corrected chi connectivity index (χ3v) is 2.68. The largest absolute Gasteiger partial charge is 0.409 e. The van der Waals surface area contributed by atoms with Gasteiger partial charge in [-0.3, -0.25) is 4.98 Å². The second-order valence-electron chi connectivity index (χ2n) is 4.41. The summed E-state index contributed by atoms with van der Waals surface area (Å²) in [5, 5.41) is 11.6. The Hall–Kier alpha value is -1.62. The molecule has 100 valence electrons. The average Bonchev–Trinajstić information content (AvgIpc) is 2.39. The SMILES string of the molecule is CCCC(C)COCc1cccnc1/C(N)=N/O. The molecule has 0 bridgehead atoms. The number of ether oxygens (including phenoxy) is 1. The summed E-state index contributed by atoms with van der Waals surface area (Å²) in [5.41, 5.74) is 6.86. The van der Waals surface area contributed by atoms with Gasteiger partial charge in [-0.2, -0.15) is 0 Å². The van der Waals surface area contributed by atoms with Gasteiger partial charge in [0.1, 0.15) is 5.69 Å². The molecule has 0 amide bonds. The highest BCUT2D eigenvalue weighted by atomic mass is 16.5. The van der Waals surface area contributed by atoms with E-state index in [4.69, 9.17) is 15.7 Å². The Balaban J connectivity index is 2.57. The molecular weight excluding hydrogens is 230 g/mol. The molecule has 3 N–H and O–H groups in total. The molecule has 0 spiro atoms. The topological polar surface area (TPSA) is 80.7 Å². The van der Waals surface area contributed by atoms with Crippen LogP contribution in [0.2, 0.25) is 0 Å². The Bertz CT molecular complexity index is 394. The van der Waals surface area contributed by atoms with Crippen molar-refractivity contribution < 1.29 is 9.94 Å². The number of oxime groups is 1. The molecule has 1 aromatic rings. The second-order valence-corrected chi connectivity index (χ2v) is 4.41. The molecule has 0 aromatic carbocycles. The van der Waals surface area contributed by atoms with Gasteiger partial charge in [0.05, 0.1) is 6.61 Å². The van der Waals surface area contributed by atoms with E-state index in [0.717, 1.165) is 18.4 Å². The molecule has 1 unspecified atom stereocenters. The maximum Gasteiger partial charge on any atom is 0.189 e. The lowest BCUT2D eigenvalue weighted by atomic mass is 10.1. The van der Waals surface area contributed by atoms with Crippen molar-refractivity contribution in [2.45, 2.75) is 33.3 Å². The fourth-order valence-electron chi connectivity index (χ4n) is 1.78. The number of nitrogens with zero attached hydrogens (tertiary/aromatic N) is 2. The van der Waals surface area contributed by atoms with Gasteiger partial charge in [0.2, 0.25) is 0 Å². The summed E-state index contributed by atoms with van der Waals surface area (Å²) < 4.78 is 5.64. The van der Waals surface area contributed by atoms with E-state index in [9.17, 15) is 0 Å². The van der Waals surface area contributed by atoms with Crippen molar-refractivity contribution in [1.82, 2.24) is 4.98 Å². The third kappa shape index (κ3) is 4.33. The molecule has 0 saturated heterocycles. The number of nitrogens with two attached hydrogens (primary N) is 1. The molecule has 5 heteroatoms. The average molecular weight is 251 g/mol. The highest BCUT2D eigenvalue weighted by Crippen LogP contribution is 2.10. The van der Waals surface area contributed by atoms with Crippen molar-refractivity contribution in [2.24, 2.45) is 16.8 Å². The molecule has 1 atom stereocenters. The lowest BCUT2D eigenvalue weighted by Crippen LogP contribution is -2.18. The fourth-order valence-corrected chi connectivity index (χ4v) is 1.78. The lowest BCUT2D eigenvalue weighted by molar-refractivity contribution is 0.0890. The summed E-state index contributed by atoms with van der Waals surface area (Å²) >= 11 is 0. The Kier molecular flexibility index (Phi) is 6.14. The Morgan fingerprint density at radius 1 is 1.61 bits per heavy atom. The molecule has 0 aliphatic heterocycles. The smallest absolute Gasteiger partial charge is 0.189 e. The van der Waals surface area contributed by atoms with Gasteiger partial charge in [0.25, 0.3) is 0 Å². The predicted octanol–water partition coefficient (Wildman–Crippen LogP) is 2.13. The Labute approximate surface area is 108 Å². The first-order valence-electron chi connectivity index (χ1n) is 6.18. The van der Waals surface area contributed by atoms with Crippen LogP contribution in [0.25, 0.3) is 0 Å². The van der Waals surface area contributed by atoms with Crippen molar-refractivity contribution in [3.63, 3.8) is 0 Å². The van der Waals surface area contributed by atoms with Gasteiger partial charge in [-0.1, -0.05) is 31.5 Å². The molecule has 0 aliphatic rings. The minimum atomic E-state index is 0.0100. The van der Waals surface area contributed by atoms with Crippen LogP contribution in [0, 0.1) is 5.92 Å². The van der Waals surface area contributed by atoms with Gasteiger partial charge in [-0.05, 0) is 18.4 Å². The van der Waals surface area contributed by atoms with Gasteiger partial charge in [-0.15, -0.1) is 0 Å². The molecule has 0 aliphatic carbocycles. The second kappa shape index (κ2) is 7.66. The van der Waals surface area contributed by atoms with E-state index in [1.807, 2.05) is 12.1 Å². The quantitative estimate of drug-likeness (QED) is 0.337. The monoisotopic (exact) mass is 251 g/mol. The number of hydrogen-bond donors (Lipinski definition) is 2. The molecule has 18 heavy (non-hydrogen) atoms. The predicted molar refractivity (Wildman–Crippen MR) is 70.5 cm³/mol. The molecule has 1 heterocycles. The van der Waals surface area contributed by atoms with E-state index in [-0.39, 0.29) is 5.84 Å². The van der Waals surface area contributed by atoms with Crippen molar-refractivity contribution in [2.75, 3.05) is 6.61 Å². The maximum absolute atomic E-state index is 8.68. The number of pyridine rings is 1. The van der Waals surface area contributed by atoms with E-state index >= 15 is 0 Å². The summed E-state index contributed by atoms with van der Waals surface area (Å²) in [6, 6.07) is 3.67. The van der Waals surface area contributed by atoms with Crippen LogP contribution in [0.4, 0.5) is 0 Å². The first-order chi connectivity index (χ1) is 8.69. The zero-order chi connectivity index (χ0) is 13.4. The van der Waals surface area contributed by atoms with Gasteiger partial charge in [0.15, 0.2) is 5.84 Å². The third-order valence-electron chi connectivity index (χ3n) is 2.68. The van der Waals surface area contributed by atoms with Crippen LogP contribution in [0.1, 0.15) is 37.9 Å². The summed E-state index contributed by atoms with van der Waals surface area (Å²) in [4.78, 5) is 4.09. The molecule has 0 saturated carbocycles. The summed E-state index contributed by atoms with van der Waals surface area (Å²) in [5.74, 6) is 0.551. The van der Waals surface area contributed by atoms with Crippen molar-refractivity contribution in [3.8, 4) is 0 Å². The standard InChI is InChI=1S/C13H21N3O2/c1-3-5-10(2)8-18-9-11-6-4-7-15-12(11)13(14)16-17/h4,6-7,10,17H,3,5,8-9H2,1-2H3,(H2,14,16). The van der Waals surface area contributed by atoms with E-state index in [2.05, 4.69) is 24.0 Å². The molecular formula is C13H21N3O2. The van der Waals surface area contributed by atoms with Crippen LogP contribution < -0.4 is 5.73 Å². The van der Waals surface area contributed by atoms with Crippen molar-refractivity contribution in [3.05, 3.63) is 29.6 Å². The van der Waals surface area contributed by atoms with Crippen molar-refractivity contribution in [1.29, 1.82) is 0 Å². The van der Waals surface area contributed by atoms with Gasteiger partial charge in [-0.25, -0.2) is 0 Å². The number of aromatic nitrogens is 1. The number of rotatable bonds is 7. The van der Waals surface area contributed by atoms with Crippen LogP contribution in [-0.2, 0) is 11.3 Å². The highest BCUT2D eigenvalue weighted by Gasteiger charge is 2.09. The summed E-state index contributed by atoms with van der Waals surface area (Å²) in [6.07, 6.45) is 3.92. The molecule has 1 rings (SSSR count). The summed E-state index contributed by atoms with van der Waals surface area (Å²) in [7, 11) is 0. The minimum absolute atomic E-state index is 0.0100. The zero-order valence-corrected chi connectivity index (χ0v) is 11.0. The van der Waals surface area contributed by atoms with Crippen molar-refractivity contribution >= 4 is 5.84 Å². The first-order valence-corrected chi connectivity index (χ1v) is 6.18. The minimum Gasteiger partial charge on any atom is -0.409 e. The van der Waals surface area contributed by atoms with E-state index in [1.165, 1.54) is 0 Å². The van der Waals surface area contributed by atoms with Gasteiger partial charge < -0.3 is 15.7 Å². The van der Waals surface area contributed by atoms with E-state index in [0.29, 0.717) is 24.8 Å². The van der Waals surface area contributed by atoms with E-state index in [1.54, 1.807) is 6.20 Å². The zero-order valence-electron chi connectivity index (χ0n) is 11.0. The van der Waals surface area contributed by atoms with Crippen LogP contribution in [0.3, 0.4) is 0 Å². The fraction of sp³-hybridized carbons (Fsp3) is 0.538. The van der Waals surface area contributed by atoms with Gasteiger partial charge >= 0.3 is 0 Å². The highest BCUT2D eigenvalue weighted by molar-refractivity contribution is 5.96. The van der Waals surface area contributed by atoms with Crippen LogP contribution >= 0.6 is 0 Å². The van der Waals surface area contributed by atoms with Crippen LogP contribution in [0.15, 0.2) is 23.5 Å². The molecule has 1 aromatic heterocycles. The Morgan fingerprint density at radius 3 is 3.06 bits per heavy atom. The van der Waals surface area contributed by atoms with Gasteiger partial charge in [0, 0.05) is 18.4 Å². The molecule has 5 nitrogen and oxygen atoms in total. The lowest BCUT2D eigenvalue weighted by Gasteiger charge is -2.12. The summed E-state index contributed by atoms with van der Waals surface area (Å²) in [6.45, 7) is 5.46. The number of amidine groups is 1. The normalized spacial score (nSPS) is 13.6. The maximum atomic E-state index is 8.68. The first kappa shape index (κ1) is 14.4. The number of hydrogen-bond acceptors (Lipinski definition) is 4. The van der Waals surface area contributed by atoms with Crippen LogP contribution in [0.5, 0.6) is 0 Å². The van der Waals surface area contributed by atoms with E-state index < -0.39 is 0 Å². The van der Waals surface area contributed by atoms with Crippen LogP contribution in [-0.4, -0.2) is 22.6 Å². The molecule has 0 fully saturated rings. The molecule has 0 radical (unpaired) electrons.